The molecule has 0 amide bonds. The van der Waals surface area contributed by atoms with E-state index in [1.54, 1.807) is 0 Å². The van der Waals surface area contributed by atoms with Gasteiger partial charge in [0.25, 0.3) is 0 Å². The van der Waals surface area contributed by atoms with Crippen LogP contribution in [0.1, 0.15) is 39.0 Å². The molecule has 0 spiro atoms. The molecule has 0 radical (unpaired) electrons. The molecule has 1 aromatic rings. The van der Waals surface area contributed by atoms with Crippen LogP contribution in [0.4, 0.5) is 11.8 Å². The molecule has 100 valence electrons. The average Bonchev–Trinajstić information content (AvgIpc) is 2.55. The highest BCUT2D eigenvalue weighted by Crippen LogP contribution is 2.24. The van der Waals surface area contributed by atoms with Crippen molar-refractivity contribution in [2.24, 2.45) is 5.92 Å². The molecule has 2 unspecified atom stereocenters. The lowest BCUT2D eigenvalue weighted by Crippen LogP contribution is -2.20. The fourth-order valence-corrected chi connectivity index (χ4v) is 2.48. The molecule has 2 atom stereocenters. The van der Waals surface area contributed by atoms with Gasteiger partial charge in [-0.3, -0.25) is 0 Å². The van der Waals surface area contributed by atoms with Crippen molar-refractivity contribution in [3.05, 3.63) is 12.3 Å². The molecule has 0 bridgehead atoms. The summed E-state index contributed by atoms with van der Waals surface area (Å²) in [6, 6.07) is 2.53. The van der Waals surface area contributed by atoms with E-state index in [0.29, 0.717) is 6.04 Å². The van der Waals surface area contributed by atoms with Crippen LogP contribution in [0.2, 0.25) is 0 Å². The third-order valence-electron chi connectivity index (χ3n) is 3.65. The molecular formula is C14H24N4. The lowest BCUT2D eigenvalue weighted by Gasteiger charge is -2.18. The molecule has 4 heteroatoms. The Kier molecular flexibility index (Phi) is 4.39. The molecule has 0 aromatic carbocycles. The van der Waals surface area contributed by atoms with E-state index in [-0.39, 0.29) is 0 Å². The van der Waals surface area contributed by atoms with E-state index in [1.807, 2.05) is 31.3 Å². The van der Waals surface area contributed by atoms with Crippen molar-refractivity contribution in [2.75, 3.05) is 24.3 Å². The van der Waals surface area contributed by atoms with Gasteiger partial charge in [-0.25, -0.2) is 4.98 Å². The van der Waals surface area contributed by atoms with Crippen molar-refractivity contribution in [1.29, 1.82) is 0 Å². The van der Waals surface area contributed by atoms with Crippen LogP contribution in [-0.4, -0.2) is 30.1 Å². The maximum absolute atomic E-state index is 4.52. The maximum Gasteiger partial charge on any atom is 0.226 e. The van der Waals surface area contributed by atoms with E-state index in [1.165, 1.54) is 32.1 Å². The van der Waals surface area contributed by atoms with Crippen LogP contribution in [0.15, 0.2) is 12.3 Å². The monoisotopic (exact) mass is 248 g/mol. The Bertz CT molecular complexity index is 378. The Morgan fingerprint density at radius 3 is 2.83 bits per heavy atom. The minimum absolute atomic E-state index is 0.569. The Hall–Kier alpha value is -1.32. The van der Waals surface area contributed by atoms with Crippen LogP contribution in [-0.2, 0) is 0 Å². The summed E-state index contributed by atoms with van der Waals surface area (Å²) in [5, 5.41) is 3.56. The second-order valence-corrected chi connectivity index (χ2v) is 5.59. The highest BCUT2D eigenvalue weighted by molar-refractivity contribution is 5.41. The molecular weight excluding hydrogens is 224 g/mol. The van der Waals surface area contributed by atoms with Crippen molar-refractivity contribution in [3.8, 4) is 0 Å². The fraction of sp³-hybridized carbons (Fsp3) is 0.714. The summed E-state index contributed by atoms with van der Waals surface area (Å²) in [5.74, 6) is 2.59. The van der Waals surface area contributed by atoms with Crippen molar-refractivity contribution in [1.82, 2.24) is 9.97 Å². The van der Waals surface area contributed by atoms with E-state index in [0.717, 1.165) is 17.7 Å². The molecule has 4 nitrogen and oxygen atoms in total. The topological polar surface area (TPSA) is 41.1 Å². The zero-order chi connectivity index (χ0) is 13.0. The largest absolute Gasteiger partial charge is 0.367 e. The van der Waals surface area contributed by atoms with Gasteiger partial charge in [0.2, 0.25) is 5.95 Å². The molecule has 1 heterocycles. The molecule has 1 aromatic heterocycles. The number of rotatable bonds is 3. The zero-order valence-electron chi connectivity index (χ0n) is 11.7. The smallest absolute Gasteiger partial charge is 0.226 e. The molecule has 1 aliphatic carbocycles. The van der Waals surface area contributed by atoms with Crippen LogP contribution in [0.25, 0.3) is 0 Å². The fourth-order valence-electron chi connectivity index (χ4n) is 2.48. The lowest BCUT2D eigenvalue weighted by molar-refractivity contribution is 0.502. The van der Waals surface area contributed by atoms with Crippen LogP contribution >= 0.6 is 0 Å². The summed E-state index contributed by atoms with van der Waals surface area (Å²) >= 11 is 0. The SMILES string of the molecule is CC1CCCC(Nc2ccnc(N(C)C)n2)CC1. The van der Waals surface area contributed by atoms with Gasteiger partial charge < -0.3 is 10.2 Å². The first-order valence-electron chi connectivity index (χ1n) is 6.92. The molecule has 2 rings (SSSR count). The molecule has 1 N–H and O–H groups in total. The summed E-state index contributed by atoms with van der Waals surface area (Å²) in [6.45, 7) is 2.36. The van der Waals surface area contributed by atoms with Gasteiger partial charge in [-0.15, -0.1) is 0 Å². The number of hydrogen-bond donors (Lipinski definition) is 1. The van der Waals surface area contributed by atoms with E-state index in [2.05, 4.69) is 22.2 Å². The van der Waals surface area contributed by atoms with E-state index >= 15 is 0 Å². The van der Waals surface area contributed by atoms with Gasteiger partial charge in [-0.2, -0.15) is 4.98 Å². The lowest BCUT2D eigenvalue weighted by atomic mass is 10.0. The minimum atomic E-state index is 0.569. The molecule has 18 heavy (non-hydrogen) atoms. The number of nitrogens with one attached hydrogen (secondary N) is 1. The van der Waals surface area contributed by atoms with Crippen LogP contribution in [0, 0.1) is 5.92 Å². The third-order valence-corrected chi connectivity index (χ3v) is 3.65. The Morgan fingerprint density at radius 2 is 2.06 bits per heavy atom. The first kappa shape index (κ1) is 13.1. The molecule has 1 fully saturated rings. The Labute approximate surface area is 110 Å². The summed E-state index contributed by atoms with van der Waals surface area (Å²) < 4.78 is 0. The second kappa shape index (κ2) is 6.03. The summed E-state index contributed by atoms with van der Waals surface area (Å²) in [7, 11) is 3.93. The number of anilines is 2. The summed E-state index contributed by atoms with van der Waals surface area (Å²) in [4.78, 5) is 10.7. The van der Waals surface area contributed by atoms with E-state index < -0.39 is 0 Å². The summed E-state index contributed by atoms with van der Waals surface area (Å²) in [5.41, 5.74) is 0. The Balaban J connectivity index is 1.98. The van der Waals surface area contributed by atoms with Crippen LogP contribution in [0.3, 0.4) is 0 Å². The van der Waals surface area contributed by atoms with Crippen molar-refractivity contribution < 1.29 is 0 Å². The quantitative estimate of drug-likeness (QED) is 0.835. The van der Waals surface area contributed by atoms with Crippen molar-refractivity contribution >= 4 is 11.8 Å². The number of nitrogens with zero attached hydrogens (tertiary/aromatic N) is 3. The first-order valence-corrected chi connectivity index (χ1v) is 6.92. The predicted molar refractivity (Wildman–Crippen MR) is 76.0 cm³/mol. The summed E-state index contributed by atoms with van der Waals surface area (Å²) in [6.07, 6.45) is 8.34. The average molecular weight is 248 g/mol. The standard InChI is InChI=1S/C14H24N4/c1-11-5-4-6-12(8-7-11)16-13-9-10-15-14(17-13)18(2)3/h9-12H,4-8H2,1-3H3,(H,15,16,17). The normalized spacial score (nSPS) is 24.4. The van der Waals surface area contributed by atoms with Gasteiger partial charge in [0.1, 0.15) is 5.82 Å². The second-order valence-electron chi connectivity index (χ2n) is 5.59. The Morgan fingerprint density at radius 1 is 1.22 bits per heavy atom. The molecule has 0 aliphatic heterocycles. The first-order chi connectivity index (χ1) is 8.65. The van der Waals surface area contributed by atoms with Crippen molar-refractivity contribution in [2.45, 2.75) is 45.1 Å². The molecule has 1 saturated carbocycles. The minimum Gasteiger partial charge on any atom is -0.367 e. The van der Waals surface area contributed by atoms with Crippen LogP contribution in [0.5, 0.6) is 0 Å². The maximum atomic E-state index is 4.52. The van der Waals surface area contributed by atoms with Gasteiger partial charge in [-0.1, -0.05) is 19.8 Å². The van der Waals surface area contributed by atoms with Gasteiger partial charge in [0.15, 0.2) is 0 Å². The predicted octanol–water partition coefficient (Wildman–Crippen LogP) is 2.92. The third kappa shape index (κ3) is 3.59. The number of hydrogen-bond acceptors (Lipinski definition) is 4. The molecule has 1 aliphatic rings. The van der Waals surface area contributed by atoms with Gasteiger partial charge >= 0.3 is 0 Å². The van der Waals surface area contributed by atoms with Gasteiger partial charge in [0, 0.05) is 26.3 Å². The van der Waals surface area contributed by atoms with E-state index in [9.17, 15) is 0 Å². The van der Waals surface area contributed by atoms with Crippen LogP contribution < -0.4 is 10.2 Å². The van der Waals surface area contributed by atoms with Gasteiger partial charge in [0.05, 0.1) is 0 Å². The van der Waals surface area contributed by atoms with Gasteiger partial charge in [-0.05, 0) is 31.2 Å². The zero-order valence-corrected chi connectivity index (χ0v) is 11.7. The number of aromatic nitrogens is 2. The highest BCUT2D eigenvalue weighted by Gasteiger charge is 2.16. The van der Waals surface area contributed by atoms with Crippen molar-refractivity contribution in [3.63, 3.8) is 0 Å². The van der Waals surface area contributed by atoms with E-state index in [4.69, 9.17) is 0 Å². The highest BCUT2D eigenvalue weighted by atomic mass is 15.2. The molecule has 0 saturated heterocycles.